The van der Waals surface area contributed by atoms with Crippen LogP contribution in [0.4, 0.5) is 17.5 Å². The number of aromatic nitrogens is 2. The first-order valence-electron chi connectivity index (χ1n) is 7.67. The topological polar surface area (TPSA) is 76.1 Å². The van der Waals surface area contributed by atoms with Gasteiger partial charge in [-0.05, 0) is 37.3 Å². The summed E-state index contributed by atoms with van der Waals surface area (Å²) in [6, 6.07) is 14.8. The van der Waals surface area contributed by atoms with Gasteiger partial charge in [0.25, 0.3) is 0 Å². The Morgan fingerprint density at radius 1 is 1.12 bits per heavy atom. The van der Waals surface area contributed by atoms with Crippen LogP contribution in [0.2, 0.25) is 0 Å². The van der Waals surface area contributed by atoms with Crippen LogP contribution in [0.1, 0.15) is 17.3 Å². The smallest absolute Gasteiger partial charge is 0.337 e. The highest BCUT2D eigenvalue weighted by Gasteiger charge is 2.09. The molecular weight excluding hydrogens is 304 g/mol. The molecule has 1 heterocycles. The van der Waals surface area contributed by atoms with Crippen molar-refractivity contribution < 1.29 is 9.53 Å². The van der Waals surface area contributed by atoms with Gasteiger partial charge in [-0.3, -0.25) is 0 Å². The fraction of sp³-hybridized carbons (Fsp3) is 0.167. The van der Waals surface area contributed by atoms with E-state index in [1.54, 1.807) is 18.2 Å². The molecule has 3 rings (SSSR count). The van der Waals surface area contributed by atoms with Crippen LogP contribution in [0.3, 0.4) is 0 Å². The maximum absolute atomic E-state index is 11.6. The van der Waals surface area contributed by atoms with Gasteiger partial charge < -0.3 is 15.4 Å². The molecule has 6 heteroatoms. The number of nitrogens with zero attached hydrogens (tertiary/aromatic N) is 2. The number of ether oxygens (including phenoxy) is 1. The molecule has 1 aromatic heterocycles. The Morgan fingerprint density at radius 2 is 1.96 bits per heavy atom. The van der Waals surface area contributed by atoms with Crippen LogP contribution in [0.5, 0.6) is 0 Å². The van der Waals surface area contributed by atoms with Gasteiger partial charge in [0, 0.05) is 17.6 Å². The number of carbonyl (C=O) groups excluding carboxylic acids is 1. The number of para-hydroxylation sites is 1. The first kappa shape index (κ1) is 15.7. The second-order valence-electron chi connectivity index (χ2n) is 5.14. The Balaban J connectivity index is 1.97. The molecule has 2 aromatic carbocycles. The number of esters is 1. The summed E-state index contributed by atoms with van der Waals surface area (Å²) in [5.41, 5.74) is 2.03. The number of nitrogens with one attached hydrogen (secondary N) is 2. The minimum Gasteiger partial charge on any atom is -0.465 e. The van der Waals surface area contributed by atoms with E-state index in [1.807, 2.05) is 37.3 Å². The van der Waals surface area contributed by atoms with E-state index in [0.29, 0.717) is 11.5 Å². The van der Waals surface area contributed by atoms with Crippen molar-refractivity contribution in [3.05, 3.63) is 54.1 Å². The standard InChI is InChI=1S/C18H18N4O2/c1-3-19-16-14-9-4-5-10-15(14)21-18(22-16)20-13-8-6-7-12(11-13)17(23)24-2/h4-11H,3H2,1-2H3,(H2,19,20,21,22). The van der Waals surface area contributed by atoms with Crippen molar-refractivity contribution in [2.75, 3.05) is 24.3 Å². The maximum Gasteiger partial charge on any atom is 0.337 e. The van der Waals surface area contributed by atoms with Gasteiger partial charge in [0.1, 0.15) is 5.82 Å². The number of benzene rings is 2. The number of carbonyl (C=O) groups is 1. The largest absolute Gasteiger partial charge is 0.465 e. The molecular formula is C18H18N4O2. The molecule has 2 N–H and O–H groups in total. The van der Waals surface area contributed by atoms with Gasteiger partial charge in [-0.25, -0.2) is 9.78 Å². The molecule has 0 amide bonds. The average Bonchev–Trinajstić information content (AvgIpc) is 2.61. The highest BCUT2D eigenvalue weighted by atomic mass is 16.5. The number of fused-ring (bicyclic) bond motifs is 1. The number of methoxy groups -OCH3 is 1. The average molecular weight is 322 g/mol. The second-order valence-corrected chi connectivity index (χ2v) is 5.14. The van der Waals surface area contributed by atoms with E-state index in [4.69, 9.17) is 4.74 Å². The predicted octanol–water partition coefficient (Wildman–Crippen LogP) is 3.59. The minimum atomic E-state index is -0.383. The summed E-state index contributed by atoms with van der Waals surface area (Å²) in [5.74, 6) is 0.854. The lowest BCUT2D eigenvalue weighted by Crippen LogP contribution is -2.06. The first-order chi connectivity index (χ1) is 11.7. The van der Waals surface area contributed by atoms with E-state index < -0.39 is 0 Å². The van der Waals surface area contributed by atoms with Gasteiger partial charge in [-0.1, -0.05) is 18.2 Å². The van der Waals surface area contributed by atoms with Gasteiger partial charge in [0.05, 0.1) is 18.2 Å². The van der Waals surface area contributed by atoms with Crippen molar-refractivity contribution in [2.45, 2.75) is 6.92 Å². The predicted molar refractivity (Wildman–Crippen MR) is 94.8 cm³/mol. The summed E-state index contributed by atoms with van der Waals surface area (Å²) in [6.45, 7) is 2.78. The Morgan fingerprint density at radius 3 is 2.75 bits per heavy atom. The zero-order valence-electron chi connectivity index (χ0n) is 13.5. The Hall–Kier alpha value is -3.15. The molecule has 0 saturated heterocycles. The zero-order valence-corrected chi connectivity index (χ0v) is 13.5. The van der Waals surface area contributed by atoms with Crippen LogP contribution < -0.4 is 10.6 Å². The highest BCUT2D eigenvalue weighted by molar-refractivity contribution is 5.91. The molecule has 0 fully saturated rings. The van der Waals surface area contributed by atoms with Gasteiger partial charge in [0.2, 0.25) is 5.95 Å². The van der Waals surface area contributed by atoms with Gasteiger partial charge in [-0.15, -0.1) is 0 Å². The van der Waals surface area contributed by atoms with E-state index in [1.165, 1.54) is 7.11 Å². The van der Waals surface area contributed by atoms with Crippen LogP contribution in [-0.2, 0) is 4.74 Å². The minimum absolute atomic E-state index is 0.383. The molecule has 0 radical (unpaired) electrons. The number of hydrogen-bond donors (Lipinski definition) is 2. The number of anilines is 3. The van der Waals surface area contributed by atoms with Crippen molar-refractivity contribution in [1.82, 2.24) is 9.97 Å². The molecule has 0 aliphatic heterocycles. The summed E-state index contributed by atoms with van der Waals surface area (Å²) in [5, 5.41) is 7.36. The molecule has 122 valence electrons. The van der Waals surface area contributed by atoms with E-state index >= 15 is 0 Å². The van der Waals surface area contributed by atoms with Crippen molar-refractivity contribution in [2.24, 2.45) is 0 Å². The molecule has 0 saturated carbocycles. The fourth-order valence-electron chi connectivity index (χ4n) is 2.41. The SMILES string of the molecule is CCNc1nc(Nc2cccc(C(=O)OC)c2)nc2ccccc12. The summed E-state index contributed by atoms with van der Waals surface area (Å²) >= 11 is 0. The molecule has 0 aliphatic carbocycles. The Bertz CT molecular complexity index is 880. The lowest BCUT2D eigenvalue weighted by atomic mass is 10.2. The maximum atomic E-state index is 11.6. The summed E-state index contributed by atoms with van der Waals surface area (Å²) in [6.07, 6.45) is 0. The van der Waals surface area contributed by atoms with Crippen molar-refractivity contribution >= 4 is 34.3 Å². The molecule has 6 nitrogen and oxygen atoms in total. The molecule has 0 bridgehead atoms. The van der Waals surface area contributed by atoms with E-state index in [9.17, 15) is 4.79 Å². The third kappa shape index (κ3) is 3.27. The van der Waals surface area contributed by atoms with Crippen LogP contribution in [0, 0.1) is 0 Å². The van der Waals surface area contributed by atoms with Crippen molar-refractivity contribution in [3.8, 4) is 0 Å². The molecule has 0 atom stereocenters. The zero-order chi connectivity index (χ0) is 16.9. The highest BCUT2D eigenvalue weighted by Crippen LogP contribution is 2.23. The first-order valence-corrected chi connectivity index (χ1v) is 7.67. The van der Waals surface area contributed by atoms with Crippen LogP contribution in [0.25, 0.3) is 10.9 Å². The monoisotopic (exact) mass is 322 g/mol. The summed E-state index contributed by atoms with van der Waals surface area (Å²) in [7, 11) is 1.36. The third-order valence-corrected chi connectivity index (χ3v) is 3.49. The summed E-state index contributed by atoms with van der Waals surface area (Å²) in [4.78, 5) is 20.7. The molecule has 0 unspecified atom stereocenters. The van der Waals surface area contributed by atoms with Crippen molar-refractivity contribution in [1.29, 1.82) is 0 Å². The normalized spacial score (nSPS) is 10.4. The van der Waals surface area contributed by atoms with E-state index in [-0.39, 0.29) is 5.97 Å². The Kier molecular flexibility index (Phi) is 4.56. The lowest BCUT2D eigenvalue weighted by Gasteiger charge is -2.11. The van der Waals surface area contributed by atoms with Crippen LogP contribution >= 0.6 is 0 Å². The van der Waals surface area contributed by atoms with Crippen LogP contribution in [0.15, 0.2) is 48.5 Å². The molecule has 24 heavy (non-hydrogen) atoms. The van der Waals surface area contributed by atoms with E-state index in [0.717, 1.165) is 29.0 Å². The van der Waals surface area contributed by atoms with Gasteiger partial charge in [-0.2, -0.15) is 4.98 Å². The number of hydrogen-bond acceptors (Lipinski definition) is 6. The molecule has 0 aliphatic rings. The van der Waals surface area contributed by atoms with Gasteiger partial charge >= 0.3 is 5.97 Å². The second kappa shape index (κ2) is 6.95. The van der Waals surface area contributed by atoms with Gasteiger partial charge in [0.15, 0.2) is 0 Å². The Labute approximate surface area is 139 Å². The quantitative estimate of drug-likeness (QED) is 0.699. The fourth-order valence-corrected chi connectivity index (χ4v) is 2.41. The molecule has 0 spiro atoms. The van der Waals surface area contributed by atoms with Crippen molar-refractivity contribution in [3.63, 3.8) is 0 Å². The van der Waals surface area contributed by atoms with Crippen LogP contribution in [-0.4, -0.2) is 29.6 Å². The van der Waals surface area contributed by atoms with E-state index in [2.05, 4.69) is 20.6 Å². The lowest BCUT2D eigenvalue weighted by molar-refractivity contribution is 0.0601. The summed E-state index contributed by atoms with van der Waals surface area (Å²) < 4.78 is 4.74. The molecule has 3 aromatic rings. The number of rotatable bonds is 5. The third-order valence-electron chi connectivity index (χ3n) is 3.49.